The summed E-state index contributed by atoms with van der Waals surface area (Å²) in [5.41, 5.74) is 1.28. The van der Waals surface area contributed by atoms with Crippen LogP contribution >= 0.6 is 0 Å². The number of carbonyl (C=O) groups is 3. The molecule has 0 fully saturated rings. The third-order valence-electron chi connectivity index (χ3n) is 3.36. The molecule has 0 aromatic heterocycles. The molecule has 138 valence electrons. The van der Waals surface area contributed by atoms with Gasteiger partial charge in [-0.1, -0.05) is 6.07 Å². The zero-order valence-corrected chi connectivity index (χ0v) is 14.7. The Labute approximate surface area is 155 Å². The van der Waals surface area contributed by atoms with Crippen LogP contribution in [0.2, 0.25) is 0 Å². The number of esters is 1. The summed E-state index contributed by atoms with van der Waals surface area (Å²) in [5, 5.41) is 14.0. The van der Waals surface area contributed by atoms with Gasteiger partial charge in [0, 0.05) is 12.6 Å². The quantitative estimate of drug-likeness (QED) is 0.757. The van der Waals surface area contributed by atoms with E-state index in [9.17, 15) is 14.4 Å². The molecular formula is C19H17N3O5. The third kappa shape index (κ3) is 5.57. The fraction of sp³-hybridized carbons (Fsp3) is 0.158. The number of anilines is 2. The SMILES string of the molecule is COc1ccc(NC(C)=O)cc1NC(=O)COC(=O)c1cccc(C#N)c1. The molecule has 27 heavy (non-hydrogen) atoms. The van der Waals surface area contributed by atoms with Crippen molar-refractivity contribution < 1.29 is 23.9 Å². The predicted octanol–water partition coefficient (Wildman–Crippen LogP) is 2.32. The molecular weight excluding hydrogens is 350 g/mol. The van der Waals surface area contributed by atoms with E-state index in [-0.39, 0.29) is 11.5 Å². The van der Waals surface area contributed by atoms with Gasteiger partial charge >= 0.3 is 5.97 Å². The lowest BCUT2D eigenvalue weighted by atomic mass is 10.1. The monoisotopic (exact) mass is 367 g/mol. The number of amides is 2. The largest absolute Gasteiger partial charge is 0.495 e. The normalized spacial score (nSPS) is 9.67. The molecule has 0 aliphatic carbocycles. The lowest BCUT2D eigenvalue weighted by Gasteiger charge is -2.12. The molecule has 2 N–H and O–H groups in total. The van der Waals surface area contributed by atoms with Gasteiger partial charge in [-0.15, -0.1) is 0 Å². The zero-order valence-electron chi connectivity index (χ0n) is 14.7. The lowest BCUT2D eigenvalue weighted by Crippen LogP contribution is -2.21. The molecule has 8 nitrogen and oxygen atoms in total. The Bertz CT molecular complexity index is 918. The smallest absolute Gasteiger partial charge is 0.338 e. The van der Waals surface area contributed by atoms with Gasteiger partial charge in [-0.3, -0.25) is 9.59 Å². The van der Waals surface area contributed by atoms with Crippen LogP contribution in [0.1, 0.15) is 22.8 Å². The summed E-state index contributed by atoms with van der Waals surface area (Å²) in [6.45, 7) is 0.840. The maximum absolute atomic E-state index is 12.1. The first kappa shape index (κ1) is 19.5. The van der Waals surface area contributed by atoms with E-state index in [4.69, 9.17) is 14.7 Å². The first-order chi connectivity index (χ1) is 12.9. The van der Waals surface area contributed by atoms with Crippen molar-refractivity contribution in [2.24, 2.45) is 0 Å². The van der Waals surface area contributed by atoms with E-state index in [0.717, 1.165) is 0 Å². The average molecular weight is 367 g/mol. The average Bonchev–Trinajstić information content (AvgIpc) is 2.66. The number of hydrogen-bond donors (Lipinski definition) is 2. The number of nitrogens with one attached hydrogen (secondary N) is 2. The van der Waals surface area contributed by atoms with Crippen LogP contribution < -0.4 is 15.4 Å². The van der Waals surface area contributed by atoms with Crippen molar-refractivity contribution in [3.8, 4) is 11.8 Å². The van der Waals surface area contributed by atoms with E-state index in [1.165, 1.54) is 32.2 Å². The molecule has 0 bridgehead atoms. The van der Waals surface area contributed by atoms with Gasteiger partial charge < -0.3 is 20.1 Å². The molecule has 2 rings (SSSR count). The number of hydrogen-bond acceptors (Lipinski definition) is 6. The first-order valence-electron chi connectivity index (χ1n) is 7.85. The minimum Gasteiger partial charge on any atom is -0.495 e. The Hall–Kier alpha value is -3.86. The molecule has 0 aliphatic rings. The summed E-state index contributed by atoms with van der Waals surface area (Å²) in [7, 11) is 1.44. The molecule has 0 heterocycles. The number of methoxy groups -OCH3 is 1. The van der Waals surface area contributed by atoms with E-state index in [2.05, 4.69) is 10.6 Å². The molecule has 2 aromatic carbocycles. The summed E-state index contributed by atoms with van der Waals surface area (Å²) in [5.74, 6) is -1.18. The van der Waals surface area contributed by atoms with Crippen molar-refractivity contribution in [2.75, 3.05) is 24.4 Å². The second-order valence-corrected chi connectivity index (χ2v) is 5.41. The van der Waals surface area contributed by atoms with Crippen molar-refractivity contribution in [1.82, 2.24) is 0 Å². The van der Waals surface area contributed by atoms with Crippen LogP contribution in [-0.4, -0.2) is 31.5 Å². The molecule has 2 amide bonds. The first-order valence-corrected chi connectivity index (χ1v) is 7.85. The lowest BCUT2D eigenvalue weighted by molar-refractivity contribution is -0.119. The van der Waals surface area contributed by atoms with Gasteiger partial charge in [-0.05, 0) is 36.4 Å². The minimum absolute atomic E-state index is 0.173. The molecule has 0 unspecified atom stereocenters. The maximum Gasteiger partial charge on any atom is 0.338 e. The van der Waals surface area contributed by atoms with Crippen molar-refractivity contribution in [3.05, 3.63) is 53.6 Å². The molecule has 0 saturated heterocycles. The Morgan fingerprint density at radius 3 is 2.56 bits per heavy atom. The summed E-state index contributed by atoms with van der Waals surface area (Å²) in [6.07, 6.45) is 0. The predicted molar refractivity (Wildman–Crippen MR) is 97.4 cm³/mol. The Morgan fingerprint density at radius 1 is 1.11 bits per heavy atom. The van der Waals surface area contributed by atoms with Crippen molar-refractivity contribution >= 4 is 29.2 Å². The fourth-order valence-electron chi connectivity index (χ4n) is 2.20. The number of rotatable bonds is 6. The van der Waals surface area contributed by atoms with Gasteiger partial charge in [0.25, 0.3) is 5.91 Å². The second-order valence-electron chi connectivity index (χ2n) is 5.41. The number of ether oxygens (including phenoxy) is 2. The van der Waals surface area contributed by atoms with Gasteiger partial charge in [-0.2, -0.15) is 5.26 Å². The second kappa shape index (κ2) is 9.01. The molecule has 2 aromatic rings. The summed E-state index contributed by atoms with van der Waals surface area (Å²) >= 11 is 0. The minimum atomic E-state index is -0.721. The van der Waals surface area contributed by atoms with Crippen LogP contribution in [0.4, 0.5) is 11.4 Å². The summed E-state index contributed by atoms with van der Waals surface area (Å²) < 4.78 is 10.1. The molecule has 0 radical (unpaired) electrons. The Kier molecular flexibility index (Phi) is 6.49. The van der Waals surface area contributed by atoms with Crippen LogP contribution in [-0.2, 0) is 14.3 Å². The highest BCUT2D eigenvalue weighted by Crippen LogP contribution is 2.27. The van der Waals surface area contributed by atoms with E-state index in [1.54, 1.807) is 24.3 Å². The van der Waals surface area contributed by atoms with E-state index in [1.807, 2.05) is 6.07 Å². The van der Waals surface area contributed by atoms with E-state index < -0.39 is 18.5 Å². The highest BCUT2D eigenvalue weighted by molar-refractivity contribution is 5.97. The van der Waals surface area contributed by atoms with Crippen molar-refractivity contribution in [2.45, 2.75) is 6.92 Å². The maximum atomic E-state index is 12.1. The topological polar surface area (TPSA) is 118 Å². The van der Waals surface area contributed by atoms with Crippen LogP contribution in [0.5, 0.6) is 5.75 Å². The van der Waals surface area contributed by atoms with Gasteiger partial charge in [-0.25, -0.2) is 4.79 Å². The standard InChI is InChI=1S/C19H17N3O5/c1-12(23)21-15-6-7-17(26-2)16(9-15)22-18(24)11-27-19(25)14-5-3-4-13(8-14)10-20/h3-9H,11H2,1-2H3,(H,21,23)(H,22,24). The van der Waals surface area contributed by atoms with Crippen LogP contribution in [0, 0.1) is 11.3 Å². The highest BCUT2D eigenvalue weighted by Gasteiger charge is 2.13. The molecule has 0 atom stereocenters. The van der Waals surface area contributed by atoms with Crippen LogP contribution in [0.15, 0.2) is 42.5 Å². The fourth-order valence-corrected chi connectivity index (χ4v) is 2.20. The van der Waals surface area contributed by atoms with Gasteiger partial charge in [0.15, 0.2) is 6.61 Å². The van der Waals surface area contributed by atoms with Crippen LogP contribution in [0.3, 0.4) is 0 Å². The molecule has 8 heteroatoms. The van der Waals surface area contributed by atoms with Gasteiger partial charge in [0.1, 0.15) is 5.75 Å². The van der Waals surface area contributed by atoms with E-state index in [0.29, 0.717) is 22.7 Å². The summed E-state index contributed by atoms with van der Waals surface area (Å²) in [6, 6.07) is 12.6. The Balaban J connectivity index is 2.01. The highest BCUT2D eigenvalue weighted by atomic mass is 16.5. The third-order valence-corrected chi connectivity index (χ3v) is 3.36. The van der Waals surface area contributed by atoms with Gasteiger partial charge in [0.2, 0.25) is 5.91 Å². The van der Waals surface area contributed by atoms with Crippen LogP contribution in [0.25, 0.3) is 0 Å². The number of nitriles is 1. The Morgan fingerprint density at radius 2 is 1.89 bits per heavy atom. The molecule has 0 saturated carbocycles. The molecule has 0 aliphatic heterocycles. The van der Waals surface area contributed by atoms with Gasteiger partial charge in [0.05, 0.1) is 30.0 Å². The number of benzene rings is 2. The van der Waals surface area contributed by atoms with Crippen molar-refractivity contribution in [1.29, 1.82) is 5.26 Å². The molecule has 0 spiro atoms. The summed E-state index contributed by atoms with van der Waals surface area (Å²) in [4.78, 5) is 35.2. The number of nitrogens with zero attached hydrogens (tertiary/aromatic N) is 1. The zero-order chi connectivity index (χ0) is 19.8. The number of carbonyl (C=O) groups excluding carboxylic acids is 3. The van der Waals surface area contributed by atoms with Crippen molar-refractivity contribution in [3.63, 3.8) is 0 Å². The van der Waals surface area contributed by atoms with E-state index >= 15 is 0 Å².